The average Bonchev–Trinajstić information content (AvgIpc) is 3.24. The molecule has 2 amide bonds. The first kappa shape index (κ1) is 16.0. The van der Waals surface area contributed by atoms with Gasteiger partial charge in [0.25, 0.3) is 0 Å². The number of nitrogens with one attached hydrogen (secondary N) is 1. The van der Waals surface area contributed by atoms with Crippen LogP contribution in [0.1, 0.15) is 17.5 Å². The Labute approximate surface area is 139 Å². The number of carbonyl (C=O) groups is 2. The lowest BCUT2D eigenvalue weighted by Crippen LogP contribution is -2.38. The van der Waals surface area contributed by atoms with E-state index >= 15 is 0 Å². The zero-order chi connectivity index (χ0) is 16.9. The zero-order valence-electron chi connectivity index (χ0n) is 13.3. The molecule has 0 radical (unpaired) electrons. The van der Waals surface area contributed by atoms with Crippen molar-refractivity contribution in [2.75, 3.05) is 13.1 Å². The number of rotatable bonds is 5. The molecule has 126 valence electrons. The topological polar surface area (TPSA) is 87.5 Å². The van der Waals surface area contributed by atoms with Crippen LogP contribution in [-0.4, -0.2) is 44.9 Å². The second kappa shape index (κ2) is 7.16. The molecule has 1 aromatic heterocycles. The average molecular weight is 328 g/mol. The highest BCUT2D eigenvalue weighted by Gasteiger charge is 2.30. The predicted octanol–water partition coefficient (Wildman–Crippen LogP) is 1.55. The monoisotopic (exact) mass is 328 g/mol. The second-order valence-corrected chi connectivity index (χ2v) is 5.95. The summed E-state index contributed by atoms with van der Waals surface area (Å²) >= 11 is 0. The zero-order valence-corrected chi connectivity index (χ0v) is 13.3. The van der Waals surface area contributed by atoms with Crippen LogP contribution in [-0.2, 0) is 17.9 Å². The normalized spacial score (nSPS) is 17.0. The first-order chi connectivity index (χ1) is 11.6. The summed E-state index contributed by atoms with van der Waals surface area (Å²) in [4.78, 5) is 24.6. The van der Waals surface area contributed by atoms with Crippen molar-refractivity contribution < 1.29 is 14.7 Å². The molecule has 0 bridgehead atoms. The van der Waals surface area contributed by atoms with Gasteiger partial charge in [-0.1, -0.05) is 24.3 Å². The van der Waals surface area contributed by atoms with Crippen molar-refractivity contribution in [1.82, 2.24) is 20.0 Å². The van der Waals surface area contributed by atoms with E-state index in [1.807, 2.05) is 41.2 Å². The van der Waals surface area contributed by atoms with Crippen LogP contribution in [0.25, 0.3) is 0 Å². The molecule has 1 atom stereocenters. The van der Waals surface area contributed by atoms with Crippen molar-refractivity contribution in [1.29, 1.82) is 0 Å². The highest BCUT2D eigenvalue weighted by molar-refractivity contribution is 5.77. The molecule has 3 rings (SSSR count). The van der Waals surface area contributed by atoms with E-state index in [-0.39, 0.29) is 12.6 Å². The van der Waals surface area contributed by atoms with Gasteiger partial charge in [-0.2, -0.15) is 5.10 Å². The third-order valence-corrected chi connectivity index (χ3v) is 4.16. The summed E-state index contributed by atoms with van der Waals surface area (Å²) in [5.74, 6) is -1.29. The Bertz CT molecular complexity index is 714. The van der Waals surface area contributed by atoms with E-state index in [2.05, 4.69) is 10.4 Å². The van der Waals surface area contributed by atoms with E-state index < -0.39 is 11.9 Å². The minimum Gasteiger partial charge on any atom is -0.481 e. The molecule has 2 N–H and O–H groups in total. The van der Waals surface area contributed by atoms with Crippen molar-refractivity contribution >= 4 is 12.0 Å². The maximum atomic E-state index is 12.1. The number of likely N-dealkylation sites (tertiary alicyclic amines) is 1. The third kappa shape index (κ3) is 3.92. The van der Waals surface area contributed by atoms with Gasteiger partial charge in [-0.15, -0.1) is 0 Å². The molecule has 1 aliphatic rings. The molecule has 1 fully saturated rings. The van der Waals surface area contributed by atoms with Crippen LogP contribution in [0, 0.1) is 5.92 Å². The number of hydrogen-bond donors (Lipinski definition) is 2. The highest BCUT2D eigenvalue weighted by Crippen LogP contribution is 2.16. The second-order valence-electron chi connectivity index (χ2n) is 5.95. The maximum absolute atomic E-state index is 12.1. The van der Waals surface area contributed by atoms with Gasteiger partial charge in [-0.3, -0.25) is 9.48 Å². The van der Waals surface area contributed by atoms with E-state index in [9.17, 15) is 9.59 Å². The van der Waals surface area contributed by atoms with E-state index in [0.29, 0.717) is 26.1 Å². The van der Waals surface area contributed by atoms with Gasteiger partial charge in [0.05, 0.1) is 12.5 Å². The van der Waals surface area contributed by atoms with Crippen molar-refractivity contribution in [3.63, 3.8) is 0 Å². The number of aliphatic carboxylic acids is 1. The summed E-state index contributed by atoms with van der Waals surface area (Å²) in [7, 11) is 0. The Morgan fingerprint density at radius 3 is 2.83 bits per heavy atom. The molecule has 7 heteroatoms. The van der Waals surface area contributed by atoms with E-state index in [0.717, 1.165) is 11.1 Å². The van der Waals surface area contributed by atoms with Gasteiger partial charge in [-0.25, -0.2) is 4.79 Å². The molecule has 1 unspecified atom stereocenters. The van der Waals surface area contributed by atoms with Crippen molar-refractivity contribution in [2.24, 2.45) is 5.92 Å². The fraction of sp³-hybridized carbons (Fsp3) is 0.353. The van der Waals surface area contributed by atoms with Crippen LogP contribution in [0.4, 0.5) is 4.79 Å². The molecule has 2 heterocycles. The fourth-order valence-electron chi connectivity index (χ4n) is 2.85. The largest absolute Gasteiger partial charge is 0.481 e. The van der Waals surface area contributed by atoms with Gasteiger partial charge in [0.1, 0.15) is 0 Å². The molecule has 7 nitrogen and oxygen atoms in total. The van der Waals surface area contributed by atoms with Gasteiger partial charge in [0.15, 0.2) is 0 Å². The summed E-state index contributed by atoms with van der Waals surface area (Å²) in [5.41, 5.74) is 2.11. The SMILES string of the molecule is O=C(O)C1CCN(C(=O)NCc2cccc(Cn3cccn3)c2)C1. The summed E-state index contributed by atoms with van der Waals surface area (Å²) in [5, 5.41) is 16.0. The molecule has 2 aromatic rings. The molecule has 1 aromatic carbocycles. The van der Waals surface area contributed by atoms with Gasteiger partial charge >= 0.3 is 12.0 Å². The number of amides is 2. The third-order valence-electron chi connectivity index (χ3n) is 4.16. The molecule has 0 aliphatic carbocycles. The molecular weight excluding hydrogens is 308 g/mol. The Morgan fingerprint density at radius 1 is 1.29 bits per heavy atom. The maximum Gasteiger partial charge on any atom is 0.317 e. The van der Waals surface area contributed by atoms with Crippen LogP contribution in [0.3, 0.4) is 0 Å². The van der Waals surface area contributed by atoms with E-state index in [1.54, 1.807) is 11.1 Å². The van der Waals surface area contributed by atoms with Crippen molar-refractivity contribution in [3.8, 4) is 0 Å². The van der Waals surface area contributed by atoms with E-state index in [4.69, 9.17) is 5.11 Å². The summed E-state index contributed by atoms with van der Waals surface area (Å²) in [6.07, 6.45) is 4.16. The quantitative estimate of drug-likeness (QED) is 0.872. The van der Waals surface area contributed by atoms with Crippen LogP contribution < -0.4 is 5.32 Å². The van der Waals surface area contributed by atoms with Gasteiger partial charge in [0, 0.05) is 32.0 Å². The van der Waals surface area contributed by atoms with Gasteiger partial charge in [-0.05, 0) is 23.6 Å². The fourth-order valence-corrected chi connectivity index (χ4v) is 2.85. The molecule has 1 saturated heterocycles. The number of carbonyl (C=O) groups excluding carboxylic acids is 1. The first-order valence-corrected chi connectivity index (χ1v) is 7.92. The minimum absolute atomic E-state index is 0.212. The Hall–Kier alpha value is -2.83. The molecular formula is C17H20N4O3. The molecule has 1 aliphatic heterocycles. The number of carboxylic acid groups (broad SMARTS) is 1. The number of benzene rings is 1. The molecule has 0 saturated carbocycles. The standard InChI is InChI=1S/C17H20N4O3/c22-16(23)15-5-8-20(12-15)17(24)18-10-13-3-1-4-14(9-13)11-21-7-2-6-19-21/h1-4,6-7,9,15H,5,8,10-12H2,(H,18,24)(H,22,23). The van der Waals surface area contributed by atoms with E-state index in [1.165, 1.54) is 0 Å². The smallest absolute Gasteiger partial charge is 0.317 e. The van der Waals surface area contributed by atoms with Crippen LogP contribution >= 0.6 is 0 Å². The molecule has 24 heavy (non-hydrogen) atoms. The van der Waals surface area contributed by atoms with Gasteiger partial charge in [0.2, 0.25) is 0 Å². The number of hydrogen-bond acceptors (Lipinski definition) is 3. The van der Waals surface area contributed by atoms with Crippen molar-refractivity contribution in [3.05, 3.63) is 53.9 Å². The molecule has 0 spiro atoms. The van der Waals surface area contributed by atoms with Crippen LogP contribution in [0.15, 0.2) is 42.7 Å². The Balaban J connectivity index is 1.53. The van der Waals surface area contributed by atoms with Gasteiger partial charge < -0.3 is 15.3 Å². The lowest BCUT2D eigenvalue weighted by molar-refractivity contribution is -0.141. The summed E-state index contributed by atoms with van der Waals surface area (Å²) in [6.45, 7) is 1.86. The number of nitrogens with zero attached hydrogens (tertiary/aromatic N) is 3. The van der Waals surface area contributed by atoms with Crippen molar-refractivity contribution in [2.45, 2.75) is 19.5 Å². The van der Waals surface area contributed by atoms with Crippen LogP contribution in [0.2, 0.25) is 0 Å². The number of carboxylic acids is 1. The lowest BCUT2D eigenvalue weighted by Gasteiger charge is -2.17. The Kier molecular flexibility index (Phi) is 4.79. The Morgan fingerprint density at radius 2 is 2.12 bits per heavy atom. The highest BCUT2D eigenvalue weighted by atomic mass is 16.4. The number of urea groups is 1. The predicted molar refractivity (Wildman–Crippen MR) is 87.3 cm³/mol. The minimum atomic E-state index is -0.836. The first-order valence-electron chi connectivity index (χ1n) is 7.92. The summed E-state index contributed by atoms with van der Waals surface area (Å²) in [6, 6.07) is 9.63. The summed E-state index contributed by atoms with van der Waals surface area (Å²) < 4.78 is 1.84. The lowest BCUT2D eigenvalue weighted by atomic mass is 10.1. The number of aromatic nitrogens is 2. The van der Waals surface area contributed by atoms with Crippen LogP contribution in [0.5, 0.6) is 0 Å².